The van der Waals surface area contributed by atoms with Gasteiger partial charge in [-0.2, -0.15) is 0 Å². The van der Waals surface area contributed by atoms with Crippen molar-refractivity contribution in [2.45, 2.75) is 26.5 Å². The van der Waals surface area contributed by atoms with Crippen LogP contribution < -0.4 is 4.74 Å². The van der Waals surface area contributed by atoms with Crippen molar-refractivity contribution in [2.24, 2.45) is 0 Å². The molecule has 1 aliphatic heterocycles. The fourth-order valence-electron chi connectivity index (χ4n) is 3.81. The van der Waals surface area contributed by atoms with Crippen molar-refractivity contribution in [3.8, 4) is 5.75 Å². The maximum absolute atomic E-state index is 11.4. The molecule has 1 saturated heterocycles. The lowest BCUT2D eigenvalue weighted by atomic mass is 10.2. The smallest absolute Gasteiger partial charge is 0.335 e. The predicted molar refractivity (Wildman–Crippen MR) is 114 cm³/mol. The zero-order chi connectivity index (χ0) is 20.9. The summed E-state index contributed by atoms with van der Waals surface area (Å²) in [4.78, 5) is 18.5. The second-order valence-electron chi connectivity index (χ2n) is 7.55. The molecule has 0 atom stereocenters. The molecule has 3 aromatic rings. The third-order valence-electron chi connectivity index (χ3n) is 5.48. The SMILES string of the molecule is Cc1ccccc1OCc1nc2cc(C(=O)O)ccc2n1CCCN1CCOCC1. The summed E-state index contributed by atoms with van der Waals surface area (Å²) in [5, 5.41) is 9.31. The van der Waals surface area contributed by atoms with E-state index in [1.807, 2.05) is 37.3 Å². The van der Waals surface area contributed by atoms with Gasteiger partial charge in [0.05, 0.1) is 29.8 Å². The fourth-order valence-corrected chi connectivity index (χ4v) is 3.81. The Morgan fingerprint density at radius 2 is 1.97 bits per heavy atom. The molecule has 2 heterocycles. The number of ether oxygens (including phenoxy) is 2. The van der Waals surface area contributed by atoms with E-state index < -0.39 is 5.97 Å². The van der Waals surface area contributed by atoms with Gasteiger partial charge in [-0.05, 0) is 43.2 Å². The topological polar surface area (TPSA) is 76.8 Å². The standard InChI is InChI=1S/C23H27N3O4/c1-17-5-2-3-6-21(17)30-16-22-24-19-15-18(23(27)28)7-8-20(19)26(22)10-4-9-25-11-13-29-14-12-25/h2-3,5-8,15H,4,9-14,16H2,1H3,(H,27,28). The lowest BCUT2D eigenvalue weighted by Crippen LogP contribution is -2.37. The van der Waals surface area contributed by atoms with E-state index in [9.17, 15) is 9.90 Å². The van der Waals surface area contributed by atoms with Gasteiger partial charge in [0.15, 0.2) is 0 Å². The van der Waals surface area contributed by atoms with Gasteiger partial charge in [-0.15, -0.1) is 0 Å². The summed E-state index contributed by atoms with van der Waals surface area (Å²) in [7, 11) is 0. The molecule has 1 aliphatic rings. The van der Waals surface area contributed by atoms with Gasteiger partial charge < -0.3 is 19.1 Å². The summed E-state index contributed by atoms with van der Waals surface area (Å²) in [5.41, 5.74) is 2.93. The number of benzene rings is 2. The third-order valence-corrected chi connectivity index (χ3v) is 5.48. The number of aryl methyl sites for hydroxylation is 2. The number of hydrogen-bond acceptors (Lipinski definition) is 5. The van der Waals surface area contributed by atoms with Crippen LogP contribution in [0.25, 0.3) is 11.0 Å². The molecule has 7 nitrogen and oxygen atoms in total. The van der Waals surface area contributed by atoms with Crippen molar-refractivity contribution in [1.82, 2.24) is 14.5 Å². The molecule has 0 radical (unpaired) electrons. The lowest BCUT2D eigenvalue weighted by Gasteiger charge is -2.26. The highest BCUT2D eigenvalue weighted by Gasteiger charge is 2.15. The van der Waals surface area contributed by atoms with Crippen LogP contribution in [0.2, 0.25) is 0 Å². The number of rotatable bonds is 8. The molecule has 1 aromatic heterocycles. The molecule has 1 N–H and O–H groups in total. The van der Waals surface area contributed by atoms with E-state index >= 15 is 0 Å². The molecular weight excluding hydrogens is 382 g/mol. The summed E-state index contributed by atoms with van der Waals surface area (Å²) in [6.45, 7) is 7.66. The number of nitrogens with zero attached hydrogens (tertiary/aromatic N) is 3. The molecule has 0 bridgehead atoms. The van der Waals surface area contributed by atoms with Crippen molar-refractivity contribution in [3.63, 3.8) is 0 Å². The molecular formula is C23H27N3O4. The number of carboxylic acid groups (broad SMARTS) is 1. The number of aromatic carboxylic acids is 1. The Bertz CT molecular complexity index is 1020. The van der Waals surface area contributed by atoms with E-state index in [4.69, 9.17) is 14.5 Å². The Hall–Kier alpha value is -2.90. The number of morpholine rings is 1. The number of carbonyl (C=O) groups is 1. The molecule has 0 saturated carbocycles. The average Bonchev–Trinajstić information content (AvgIpc) is 3.10. The molecule has 4 rings (SSSR count). The summed E-state index contributed by atoms with van der Waals surface area (Å²) in [6, 6.07) is 13.0. The molecule has 30 heavy (non-hydrogen) atoms. The quantitative estimate of drug-likeness (QED) is 0.615. The highest BCUT2D eigenvalue weighted by atomic mass is 16.5. The van der Waals surface area contributed by atoms with Crippen LogP contribution in [0.15, 0.2) is 42.5 Å². The number of imidazole rings is 1. The van der Waals surface area contributed by atoms with Crippen LogP contribution in [0.5, 0.6) is 5.75 Å². The van der Waals surface area contributed by atoms with Crippen LogP contribution in [0.1, 0.15) is 28.2 Å². The minimum Gasteiger partial charge on any atom is -0.485 e. The van der Waals surface area contributed by atoms with Crippen molar-refractivity contribution >= 4 is 17.0 Å². The normalized spacial score (nSPS) is 14.8. The Balaban J connectivity index is 1.55. The maximum Gasteiger partial charge on any atom is 0.335 e. The first-order chi connectivity index (χ1) is 14.6. The van der Waals surface area contributed by atoms with Crippen LogP contribution in [0.4, 0.5) is 0 Å². The molecule has 0 amide bonds. The number of aromatic nitrogens is 2. The van der Waals surface area contributed by atoms with Gasteiger partial charge in [0.2, 0.25) is 0 Å². The molecule has 2 aromatic carbocycles. The molecule has 0 unspecified atom stereocenters. The van der Waals surface area contributed by atoms with E-state index in [1.54, 1.807) is 12.1 Å². The van der Waals surface area contributed by atoms with Gasteiger partial charge in [-0.3, -0.25) is 4.90 Å². The summed E-state index contributed by atoms with van der Waals surface area (Å²) >= 11 is 0. The fraction of sp³-hybridized carbons (Fsp3) is 0.391. The van der Waals surface area contributed by atoms with Gasteiger partial charge in [0, 0.05) is 26.2 Å². The van der Waals surface area contributed by atoms with Gasteiger partial charge in [-0.1, -0.05) is 18.2 Å². The van der Waals surface area contributed by atoms with Gasteiger partial charge >= 0.3 is 5.97 Å². The summed E-state index contributed by atoms with van der Waals surface area (Å²) < 4.78 is 13.6. The minimum absolute atomic E-state index is 0.242. The monoisotopic (exact) mass is 409 g/mol. The Morgan fingerprint density at radius 3 is 2.73 bits per heavy atom. The Morgan fingerprint density at radius 1 is 1.17 bits per heavy atom. The van der Waals surface area contributed by atoms with Gasteiger partial charge in [0.1, 0.15) is 18.2 Å². The second-order valence-corrected chi connectivity index (χ2v) is 7.55. The molecule has 0 aliphatic carbocycles. The Kier molecular flexibility index (Phi) is 6.30. The van der Waals surface area contributed by atoms with Crippen molar-refractivity contribution in [3.05, 3.63) is 59.4 Å². The first kappa shape index (κ1) is 20.4. The van der Waals surface area contributed by atoms with Crippen molar-refractivity contribution < 1.29 is 19.4 Å². The number of hydrogen-bond donors (Lipinski definition) is 1. The largest absolute Gasteiger partial charge is 0.485 e. The van der Waals surface area contributed by atoms with Crippen molar-refractivity contribution in [2.75, 3.05) is 32.8 Å². The van der Waals surface area contributed by atoms with Crippen LogP contribution in [-0.2, 0) is 17.9 Å². The van der Waals surface area contributed by atoms with Crippen LogP contribution in [0, 0.1) is 6.92 Å². The molecule has 1 fully saturated rings. The summed E-state index contributed by atoms with van der Waals surface area (Å²) in [5.74, 6) is 0.685. The van der Waals surface area contributed by atoms with Crippen molar-refractivity contribution in [1.29, 1.82) is 0 Å². The summed E-state index contributed by atoms with van der Waals surface area (Å²) in [6.07, 6.45) is 0.976. The zero-order valence-corrected chi connectivity index (χ0v) is 17.2. The maximum atomic E-state index is 11.4. The third kappa shape index (κ3) is 4.63. The predicted octanol–water partition coefficient (Wildman–Crippen LogP) is 3.34. The molecule has 158 valence electrons. The van der Waals surface area contributed by atoms with Crippen LogP contribution in [0.3, 0.4) is 0 Å². The van der Waals surface area contributed by atoms with Crippen LogP contribution >= 0.6 is 0 Å². The van der Waals surface area contributed by atoms with E-state index in [-0.39, 0.29) is 5.56 Å². The second kappa shape index (κ2) is 9.28. The number of fused-ring (bicyclic) bond motifs is 1. The zero-order valence-electron chi connectivity index (χ0n) is 17.2. The first-order valence-corrected chi connectivity index (χ1v) is 10.3. The van der Waals surface area contributed by atoms with Gasteiger partial charge in [0.25, 0.3) is 0 Å². The highest BCUT2D eigenvalue weighted by molar-refractivity contribution is 5.92. The number of carboxylic acids is 1. The van der Waals surface area contributed by atoms with Gasteiger partial charge in [-0.25, -0.2) is 9.78 Å². The Labute approximate surface area is 175 Å². The van der Waals surface area contributed by atoms with E-state index in [1.165, 1.54) is 0 Å². The van der Waals surface area contributed by atoms with E-state index in [0.29, 0.717) is 12.1 Å². The lowest BCUT2D eigenvalue weighted by molar-refractivity contribution is 0.0369. The van der Waals surface area contributed by atoms with E-state index in [0.717, 1.165) is 68.5 Å². The highest BCUT2D eigenvalue weighted by Crippen LogP contribution is 2.22. The van der Waals surface area contributed by atoms with E-state index in [2.05, 4.69) is 9.47 Å². The average molecular weight is 409 g/mol. The molecule has 7 heteroatoms. The first-order valence-electron chi connectivity index (χ1n) is 10.3. The van der Waals surface area contributed by atoms with Crippen LogP contribution in [-0.4, -0.2) is 58.4 Å². The number of para-hydroxylation sites is 1. The molecule has 0 spiro atoms. The minimum atomic E-state index is -0.948.